The first kappa shape index (κ1) is 15.2. The molecule has 20 heavy (non-hydrogen) atoms. The summed E-state index contributed by atoms with van der Waals surface area (Å²) in [5.74, 6) is -0.188. The molecule has 0 amide bonds. The van der Waals surface area contributed by atoms with Crippen molar-refractivity contribution in [2.75, 3.05) is 23.4 Å². The summed E-state index contributed by atoms with van der Waals surface area (Å²) in [7, 11) is 0. The number of aliphatic hydroxyl groups excluding tert-OH is 1. The molecule has 0 saturated heterocycles. The Morgan fingerprint density at radius 3 is 2.80 bits per heavy atom. The van der Waals surface area contributed by atoms with Crippen molar-refractivity contribution in [1.82, 2.24) is 0 Å². The Morgan fingerprint density at radius 1 is 1.50 bits per heavy atom. The Bertz CT molecular complexity index is 512. The first-order valence-electron chi connectivity index (χ1n) is 6.80. The molecule has 1 aromatic rings. The predicted octanol–water partition coefficient (Wildman–Crippen LogP) is 3.00. The molecule has 6 heteroatoms. The van der Waals surface area contributed by atoms with Gasteiger partial charge >= 0.3 is 0 Å². The summed E-state index contributed by atoms with van der Waals surface area (Å²) in [6.07, 6.45) is 3.64. The molecule has 112 valence electrons. The zero-order valence-electron chi connectivity index (χ0n) is 11.5. The van der Waals surface area contributed by atoms with Crippen LogP contribution in [0, 0.1) is 11.7 Å². The third kappa shape index (κ3) is 2.79. The molecule has 1 aromatic carbocycles. The highest BCUT2D eigenvalue weighted by Gasteiger charge is 2.35. The van der Waals surface area contributed by atoms with Crippen LogP contribution in [0.3, 0.4) is 0 Å². The molecule has 2 atom stereocenters. The van der Waals surface area contributed by atoms with Gasteiger partial charge in [-0.3, -0.25) is 0 Å². The van der Waals surface area contributed by atoms with Crippen LogP contribution in [0.15, 0.2) is 6.07 Å². The predicted molar refractivity (Wildman–Crippen MR) is 81.3 cm³/mol. The van der Waals surface area contributed by atoms with E-state index in [2.05, 4.69) is 12.2 Å². The number of rotatable bonds is 3. The number of hydrogen-bond acceptors (Lipinski definition) is 4. The average molecular weight is 302 g/mol. The summed E-state index contributed by atoms with van der Waals surface area (Å²) >= 11 is 5.83. The molecule has 1 aliphatic rings. The fourth-order valence-corrected chi connectivity index (χ4v) is 3.16. The van der Waals surface area contributed by atoms with Crippen molar-refractivity contribution in [3.63, 3.8) is 0 Å². The Morgan fingerprint density at radius 2 is 2.20 bits per heavy atom. The summed E-state index contributed by atoms with van der Waals surface area (Å²) in [5.41, 5.74) is 11.3. The number of hydrogen-bond donors (Lipinski definition) is 4. The van der Waals surface area contributed by atoms with E-state index in [0.29, 0.717) is 5.92 Å². The third-order valence-electron chi connectivity index (χ3n) is 4.05. The van der Waals surface area contributed by atoms with Gasteiger partial charge in [0.25, 0.3) is 0 Å². The van der Waals surface area contributed by atoms with Gasteiger partial charge in [0, 0.05) is 0 Å². The molecule has 4 nitrogen and oxygen atoms in total. The number of nitrogens with one attached hydrogen (secondary N) is 1. The second kappa shape index (κ2) is 5.66. The monoisotopic (exact) mass is 301 g/mol. The van der Waals surface area contributed by atoms with E-state index in [-0.39, 0.29) is 28.7 Å². The lowest BCUT2D eigenvalue weighted by Crippen LogP contribution is -2.46. The maximum Gasteiger partial charge on any atom is 0.169 e. The van der Waals surface area contributed by atoms with Crippen LogP contribution in [0.2, 0.25) is 5.02 Å². The van der Waals surface area contributed by atoms with E-state index in [1.807, 2.05) is 0 Å². The maximum atomic E-state index is 14.2. The highest BCUT2D eigenvalue weighted by Crippen LogP contribution is 2.39. The van der Waals surface area contributed by atoms with Crippen LogP contribution in [0.5, 0.6) is 0 Å². The Labute approximate surface area is 123 Å². The van der Waals surface area contributed by atoms with Crippen LogP contribution in [-0.2, 0) is 0 Å². The van der Waals surface area contributed by atoms with Gasteiger partial charge in [0.2, 0.25) is 0 Å². The fraction of sp³-hybridized carbons (Fsp3) is 0.571. The number of halogens is 2. The van der Waals surface area contributed by atoms with Gasteiger partial charge in [-0.1, -0.05) is 31.4 Å². The third-order valence-corrected chi connectivity index (χ3v) is 4.43. The van der Waals surface area contributed by atoms with Crippen LogP contribution < -0.4 is 16.8 Å². The quantitative estimate of drug-likeness (QED) is 0.647. The first-order valence-corrected chi connectivity index (χ1v) is 7.18. The number of anilines is 3. The molecule has 0 heterocycles. The largest absolute Gasteiger partial charge is 0.397 e. The Hall–Kier alpha value is -1.20. The Kier molecular flexibility index (Phi) is 4.30. The summed E-state index contributed by atoms with van der Waals surface area (Å²) in [6, 6.07) is 1.44. The molecule has 1 fully saturated rings. The minimum absolute atomic E-state index is 0.0712. The normalized spacial score (nSPS) is 26.5. The van der Waals surface area contributed by atoms with E-state index < -0.39 is 11.4 Å². The van der Waals surface area contributed by atoms with Crippen molar-refractivity contribution >= 4 is 28.7 Å². The number of nitrogens with two attached hydrogens (primary N) is 2. The molecule has 1 aliphatic carbocycles. The highest BCUT2D eigenvalue weighted by molar-refractivity contribution is 6.33. The summed E-state index contributed by atoms with van der Waals surface area (Å²) < 4.78 is 14.2. The molecule has 6 N–H and O–H groups in total. The van der Waals surface area contributed by atoms with Crippen molar-refractivity contribution in [1.29, 1.82) is 0 Å². The van der Waals surface area contributed by atoms with Gasteiger partial charge in [0.05, 0.1) is 29.2 Å². The van der Waals surface area contributed by atoms with Gasteiger partial charge in [-0.05, 0) is 24.8 Å². The molecule has 0 aliphatic heterocycles. The van der Waals surface area contributed by atoms with E-state index in [1.54, 1.807) is 0 Å². The van der Waals surface area contributed by atoms with Crippen molar-refractivity contribution < 1.29 is 9.50 Å². The van der Waals surface area contributed by atoms with E-state index >= 15 is 0 Å². The van der Waals surface area contributed by atoms with E-state index in [0.717, 1.165) is 25.7 Å². The minimum Gasteiger partial charge on any atom is -0.397 e. The van der Waals surface area contributed by atoms with Crippen LogP contribution in [0.25, 0.3) is 0 Å². The molecule has 0 spiro atoms. The highest BCUT2D eigenvalue weighted by atomic mass is 35.5. The molecule has 1 saturated carbocycles. The molecule has 0 radical (unpaired) electrons. The Balaban J connectivity index is 2.35. The van der Waals surface area contributed by atoms with E-state index in [4.69, 9.17) is 23.1 Å². The van der Waals surface area contributed by atoms with Gasteiger partial charge in [-0.15, -0.1) is 0 Å². The van der Waals surface area contributed by atoms with Crippen LogP contribution in [0.4, 0.5) is 21.5 Å². The standard InChI is InChI=1S/C14H21ClFN3O/c1-8-3-2-4-14(6-8,7-20)19-13-10(18)5-9(17)11(15)12(13)16/h5,8,19-20H,2-4,6-7,17-18H2,1H3. The van der Waals surface area contributed by atoms with Gasteiger partial charge in [-0.2, -0.15) is 0 Å². The van der Waals surface area contributed by atoms with Crippen LogP contribution in [0.1, 0.15) is 32.6 Å². The molecule has 0 aromatic heterocycles. The topological polar surface area (TPSA) is 84.3 Å². The zero-order valence-corrected chi connectivity index (χ0v) is 12.3. The summed E-state index contributed by atoms with van der Waals surface area (Å²) in [6.45, 7) is 2.05. The second-order valence-electron chi connectivity index (χ2n) is 5.82. The van der Waals surface area contributed by atoms with Crippen LogP contribution >= 0.6 is 11.6 Å². The lowest BCUT2D eigenvalue weighted by Gasteiger charge is -2.40. The van der Waals surface area contributed by atoms with E-state index in [1.165, 1.54) is 6.07 Å². The maximum absolute atomic E-state index is 14.2. The number of benzene rings is 1. The smallest absolute Gasteiger partial charge is 0.169 e. The first-order chi connectivity index (χ1) is 9.38. The van der Waals surface area contributed by atoms with Crippen molar-refractivity contribution in [3.8, 4) is 0 Å². The minimum atomic E-state index is -0.657. The average Bonchev–Trinajstić information content (AvgIpc) is 2.41. The van der Waals surface area contributed by atoms with Gasteiger partial charge in [0.15, 0.2) is 5.82 Å². The molecule has 0 bridgehead atoms. The lowest BCUT2D eigenvalue weighted by atomic mass is 9.76. The molecule has 2 rings (SSSR count). The van der Waals surface area contributed by atoms with Gasteiger partial charge < -0.3 is 21.9 Å². The van der Waals surface area contributed by atoms with E-state index in [9.17, 15) is 9.50 Å². The zero-order chi connectivity index (χ0) is 14.9. The molecular formula is C14H21ClFN3O. The summed E-state index contributed by atoms with van der Waals surface area (Å²) in [5, 5.41) is 12.7. The fourth-order valence-electron chi connectivity index (χ4n) is 3.02. The molecule has 2 unspecified atom stereocenters. The van der Waals surface area contributed by atoms with Crippen molar-refractivity contribution in [2.45, 2.75) is 38.1 Å². The van der Waals surface area contributed by atoms with Crippen LogP contribution in [-0.4, -0.2) is 17.3 Å². The van der Waals surface area contributed by atoms with Gasteiger partial charge in [0.1, 0.15) is 5.02 Å². The van der Waals surface area contributed by atoms with Crippen molar-refractivity contribution in [2.24, 2.45) is 5.92 Å². The van der Waals surface area contributed by atoms with Gasteiger partial charge in [-0.25, -0.2) is 4.39 Å². The summed E-state index contributed by atoms with van der Waals surface area (Å²) in [4.78, 5) is 0. The lowest BCUT2D eigenvalue weighted by molar-refractivity contribution is 0.149. The second-order valence-corrected chi connectivity index (χ2v) is 6.20. The molecular weight excluding hydrogens is 281 g/mol. The number of nitrogen functional groups attached to an aromatic ring is 2. The SMILES string of the molecule is CC1CCCC(CO)(Nc2c(N)cc(N)c(Cl)c2F)C1. The van der Waals surface area contributed by atoms with Crippen molar-refractivity contribution in [3.05, 3.63) is 16.9 Å². The number of aliphatic hydroxyl groups is 1.